The number of ether oxygens (including phenoxy) is 2. The van der Waals surface area contributed by atoms with E-state index in [1.807, 2.05) is 12.1 Å². The first-order valence-corrected chi connectivity index (χ1v) is 7.44. The van der Waals surface area contributed by atoms with Gasteiger partial charge < -0.3 is 19.9 Å². The molecule has 2 N–H and O–H groups in total. The first-order chi connectivity index (χ1) is 9.72. The van der Waals surface area contributed by atoms with Gasteiger partial charge >= 0.3 is 0 Å². The van der Waals surface area contributed by atoms with Crippen LogP contribution >= 0.6 is 0 Å². The Labute approximate surface area is 121 Å². The molecule has 4 heteroatoms. The Bertz CT molecular complexity index is 402. The van der Waals surface area contributed by atoms with Gasteiger partial charge in [0, 0.05) is 39.1 Å². The summed E-state index contributed by atoms with van der Waals surface area (Å²) in [5.74, 6) is 0.913. The van der Waals surface area contributed by atoms with Crippen LogP contribution in [0.3, 0.4) is 0 Å². The molecule has 0 saturated carbocycles. The molecule has 1 aromatic carbocycles. The fourth-order valence-corrected chi connectivity index (χ4v) is 2.33. The minimum Gasteiger partial charge on any atom is -0.494 e. The smallest absolute Gasteiger partial charge is 0.119 e. The predicted molar refractivity (Wildman–Crippen MR) is 78.9 cm³/mol. The molecule has 4 nitrogen and oxygen atoms in total. The van der Waals surface area contributed by atoms with Crippen molar-refractivity contribution in [3.05, 3.63) is 29.8 Å². The zero-order valence-corrected chi connectivity index (χ0v) is 12.2. The molecule has 2 rings (SSSR count). The summed E-state index contributed by atoms with van der Waals surface area (Å²) in [5.41, 5.74) is 0.559. The lowest BCUT2D eigenvalue weighted by Gasteiger charge is -2.32. The second-order valence-corrected chi connectivity index (χ2v) is 5.44. The Kier molecular flexibility index (Phi) is 5.83. The van der Waals surface area contributed by atoms with Crippen molar-refractivity contribution in [2.24, 2.45) is 0 Å². The van der Waals surface area contributed by atoms with Gasteiger partial charge in [0.15, 0.2) is 0 Å². The quantitative estimate of drug-likeness (QED) is 0.802. The predicted octanol–water partition coefficient (Wildman–Crippen LogP) is 2.11. The largest absolute Gasteiger partial charge is 0.494 e. The second kappa shape index (κ2) is 7.62. The third kappa shape index (κ3) is 4.78. The summed E-state index contributed by atoms with van der Waals surface area (Å²) < 4.78 is 10.9. The van der Waals surface area contributed by atoms with Crippen molar-refractivity contribution < 1.29 is 14.6 Å². The van der Waals surface area contributed by atoms with Gasteiger partial charge in [-0.2, -0.15) is 0 Å². The van der Waals surface area contributed by atoms with E-state index in [0.29, 0.717) is 32.6 Å². The highest BCUT2D eigenvalue weighted by Crippen LogP contribution is 2.19. The van der Waals surface area contributed by atoms with E-state index in [1.165, 1.54) is 5.56 Å². The summed E-state index contributed by atoms with van der Waals surface area (Å²) in [6.07, 6.45) is 2.43. The Balaban J connectivity index is 1.78. The van der Waals surface area contributed by atoms with E-state index in [2.05, 4.69) is 24.4 Å². The lowest BCUT2D eigenvalue weighted by molar-refractivity contribution is -0.0617. The van der Waals surface area contributed by atoms with Crippen LogP contribution < -0.4 is 10.1 Å². The van der Waals surface area contributed by atoms with Gasteiger partial charge in [-0.05, 0) is 24.1 Å². The maximum atomic E-state index is 10.4. The summed E-state index contributed by atoms with van der Waals surface area (Å²) in [6.45, 7) is 5.50. The van der Waals surface area contributed by atoms with Crippen molar-refractivity contribution in [3.63, 3.8) is 0 Å². The molecule has 1 heterocycles. The van der Waals surface area contributed by atoms with E-state index in [9.17, 15) is 5.11 Å². The number of hydrogen-bond acceptors (Lipinski definition) is 4. The molecule has 112 valence electrons. The number of rotatable bonds is 7. The first-order valence-electron chi connectivity index (χ1n) is 7.44. The Morgan fingerprint density at radius 3 is 2.90 bits per heavy atom. The van der Waals surface area contributed by atoms with Gasteiger partial charge in [0.1, 0.15) is 5.75 Å². The van der Waals surface area contributed by atoms with Gasteiger partial charge in [-0.25, -0.2) is 0 Å². The van der Waals surface area contributed by atoms with Crippen molar-refractivity contribution in [2.45, 2.75) is 38.3 Å². The van der Waals surface area contributed by atoms with Crippen molar-refractivity contribution in [1.82, 2.24) is 5.32 Å². The molecule has 1 aromatic rings. The van der Waals surface area contributed by atoms with Crippen molar-refractivity contribution in [1.29, 1.82) is 0 Å². The fourth-order valence-electron chi connectivity index (χ4n) is 2.33. The number of nitrogens with one attached hydrogen (secondary N) is 1. The van der Waals surface area contributed by atoms with Crippen LogP contribution in [-0.4, -0.2) is 37.1 Å². The maximum Gasteiger partial charge on any atom is 0.119 e. The molecule has 1 aliphatic rings. The number of benzene rings is 1. The van der Waals surface area contributed by atoms with E-state index in [0.717, 1.165) is 25.3 Å². The average Bonchev–Trinajstić information content (AvgIpc) is 2.46. The molecule has 0 spiro atoms. The van der Waals surface area contributed by atoms with E-state index >= 15 is 0 Å². The summed E-state index contributed by atoms with van der Waals surface area (Å²) in [5, 5.41) is 13.7. The van der Waals surface area contributed by atoms with E-state index in [4.69, 9.17) is 9.47 Å². The zero-order valence-electron chi connectivity index (χ0n) is 12.2. The fraction of sp³-hybridized carbons (Fsp3) is 0.625. The van der Waals surface area contributed by atoms with Gasteiger partial charge in [-0.1, -0.05) is 19.1 Å². The lowest BCUT2D eigenvalue weighted by Crippen LogP contribution is -2.44. The average molecular weight is 279 g/mol. The van der Waals surface area contributed by atoms with Crippen LogP contribution in [0.25, 0.3) is 0 Å². The van der Waals surface area contributed by atoms with Crippen LogP contribution in [0.1, 0.15) is 31.7 Å². The van der Waals surface area contributed by atoms with Gasteiger partial charge in [-0.15, -0.1) is 0 Å². The van der Waals surface area contributed by atoms with E-state index in [-0.39, 0.29) is 0 Å². The van der Waals surface area contributed by atoms with Crippen molar-refractivity contribution >= 4 is 0 Å². The minimum atomic E-state index is -0.616. The molecular weight excluding hydrogens is 254 g/mol. The van der Waals surface area contributed by atoms with Gasteiger partial charge in [0.2, 0.25) is 0 Å². The standard InChI is InChI=1S/C16H25NO3/c1-2-8-20-15-5-3-4-14(11-15)12-17-13-16(18)6-9-19-10-7-16/h3-5,11,17-18H,2,6-10,12-13H2,1H3. The Morgan fingerprint density at radius 2 is 2.15 bits per heavy atom. The number of hydrogen-bond donors (Lipinski definition) is 2. The van der Waals surface area contributed by atoms with Gasteiger partial charge in [0.05, 0.1) is 12.2 Å². The highest BCUT2D eigenvalue weighted by Gasteiger charge is 2.28. The first kappa shape index (κ1) is 15.3. The molecule has 1 aliphatic heterocycles. The molecule has 0 atom stereocenters. The third-order valence-corrected chi connectivity index (χ3v) is 3.58. The summed E-state index contributed by atoms with van der Waals surface area (Å²) in [7, 11) is 0. The molecule has 0 amide bonds. The molecular formula is C16H25NO3. The molecule has 1 saturated heterocycles. The molecule has 0 unspecified atom stereocenters. The van der Waals surface area contributed by atoms with Gasteiger partial charge in [0.25, 0.3) is 0 Å². The topological polar surface area (TPSA) is 50.7 Å². The van der Waals surface area contributed by atoms with Crippen LogP contribution in [-0.2, 0) is 11.3 Å². The number of aliphatic hydroxyl groups is 1. The second-order valence-electron chi connectivity index (χ2n) is 5.44. The van der Waals surface area contributed by atoms with E-state index in [1.54, 1.807) is 0 Å². The normalized spacial score (nSPS) is 17.9. The SMILES string of the molecule is CCCOc1cccc(CNCC2(O)CCOCC2)c1. The van der Waals surface area contributed by atoms with Crippen LogP contribution in [0.15, 0.2) is 24.3 Å². The lowest BCUT2D eigenvalue weighted by atomic mass is 9.94. The third-order valence-electron chi connectivity index (χ3n) is 3.58. The van der Waals surface area contributed by atoms with Crippen molar-refractivity contribution in [2.75, 3.05) is 26.4 Å². The van der Waals surface area contributed by atoms with Crippen LogP contribution in [0.4, 0.5) is 0 Å². The highest BCUT2D eigenvalue weighted by atomic mass is 16.5. The summed E-state index contributed by atoms with van der Waals surface area (Å²) in [6, 6.07) is 8.10. The van der Waals surface area contributed by atoms with Crippen LogP contribution in [0.2, 0.25) is 0 Å². The van der Waals surface area contributed by atoms with Crippen molar-refractivity contribution in [3.8, 4) is 5.75 Å². The Hall–Kier alpha value is -1.10. The monoisotopic (exact) mass is 279 g/mol. The van der Waals surface area contributed by atoms with E-state index < -0.39 is 5.60 Å². The zero-order chi connectivity index (χ0) is 14.3. The van der Waals surface area contributed by atoms with Crippen LogP contribution in [0.5, 0.6) is 5.75 Å². The molecule has 0 aliphatic carbocycles. The van der Waals surface area contributed by atoms with Gasteiger partial charge in [-0.3, -0.25) is 0 Å². The minimum absolute atomic E-state index is 0.608. The summed E-state index contributed by atoms with van der Waals surface area (Å²) >= 11 is 0. The Morgan fingerprint density at radius 1 is 1.35 bits per heavy atom. The highest BCUT2D eigenvalue weighted by molar-refractivity contribution is 5.28. The molecule has 1 fully saturated rings. The molecule has 20 heavy (non-hydrogen) atoms. The maximum absolute atomic E-state index is 10.4. The van der Waals surface area contributed by atoms with Crippen LogP contribution in [0, 0.1) is 0 Å². The summed E-state index contributed by atoms with van der Waals surface area (Å²) in [4.78, 5) is 0. The molecule has 0 radical (unpaired) electrons. The molecule has 0 aromatic heterocycles. The molecule has 0 bridgehead atoms.